The number of guanidine groups is 1. The summed E-state index contributed by atoms with van der Waals surface area (Å²) in [6.07, 6.45) is 5.95. The molecule has 4 rings (SSSR count). The molecule has 1 heterocycles. The topological polar surface area (TPSA) is 78.1 Å². The van der Waals surface area contributed by atoms with Gasteiger partial charge in [-0.3, -0.25) is 0 Å². The van der Waals surface area contributed by atoms with Crippen molar-refractivity contribution in [2.75, 3.05) is 18.5 Å². The maximum absolute atomic E-state index is 6.25. The molecule has 0 saturated heterocycles. The summed E-state index contributed by atoms with van der Waals surface area (Å²) in [6, 6.07) is 11.9. The molecule has 0 amide bonds. The third-order valence-corrected chi connectivity index (χ3v) is 5.26. The lowest BCUT2D eigenvalue weighted by Crippen LogP contribution is -2.22. The molecule has 29 heavy (non-hydrogen) atoms. The van der Waals surface area contributed by atoms with Crippen molar-refractivity contribution in [2.45, 2.75) is 51.7 Å². The summed E-state index contributed by atoms with van der Waals surface area (Å²) in [6.45, 7) is 3.86. The molecule has 0 radical (unpaired) electrons. The monoisotopic (exact) mass is 395 g/mol. The first-order chi connectivity index (χ1) is 14.2. The maximum atomic E-state index is 6.25. The van der Waals surface area contributed by atoms with E-state index in [1.54, 1.807) is 0 Å². The van der Waals surface area contributed by atoms with Crippen molar-refractivity contribution in [1.29, 1.82) is 0 Å². The summed E-state index contributed by atoms with van der Waals surface area (Å²) in [7, 11) is 0. The fourth-order valence-electron chi connectivity index (χ4n) is 3.69. The standard InChI is InChI=1S/C23H29N3O3/c1-16-7-8-17(21(13-16)29-19-5-2-3-6-19)15-25-23(24)26-18-9-10-20-22(14-18)28-12-4-11-27-20/h7-10,13-14,19H,2-6,11-12,15H2,1H3,(H3,24,25,26). The number of nitrogens with one attached hydrogen (secondary N) is 1. The second-order valence-electron chi connectivity index (χ2n) is 7.67. The van der Waals surface area contributed by atoms with E-state index in [4.69, 9.17) is 19.9 Å². The first-order valence-corrected chi connectivity index (χ1v) is 10.4. The van der Waals surface area contributed by atoms with E-state index in [1.165, 1.54) is 18.4 Å². The quantitative estimate of drug-likeness (QED) is 0.579. The number of fused-ring (bicyclic) bond motifs is 1. The van der Waals surface area contributed by atoms with Gasteiger partial charge in [-0.2, -0.15) is 0 Å². The second kappa shape index (κ2) is 9.07. The molecule has 6 heteroatoms. The number of aliphatic imine (C=N–C) groups is 1. The molecule has 0 unspecified atom stereocenters. The first-order valence-electron chi connectivity index (χ1n) is 10.4. The number of anilines is 1. The summed E-state index contributed by atoms with van der Waals surface area (Å²) >= 11 is 0. The zero-order valence-electron chi connectivity index (χ0n) is 16.9. The van der Waals surface area contributed by atoms with Gasteiger partial charge in [0.2, 0.25) is 0 Å². The van der Waals surface area contributed by atoms with E-state index in [9.17, 15) is 0 Å². The molecule has 0 spiro atoms. The third-order valence-electron chi connectivity index (χ3n) is 5.26. The minimum atomic E-state index is 0.316. The Labute approximate surface area is 172 Å². The molecule has 1 aliphatic carbocycles. The molecule has 0 aromatic heterocycles. The van der Waals surface area contributed by atoms with Crippen molar-refractivity contribution in [3.63, 3.8) is 0 Å². The molecule has 0 bridgehead atoms. The Morgan fingerprint density at radius 1 is 1.07 bits per heavy atom. The van der Waals surface area contributed by atoms with Gasteiger partial charge in [-0.15, -0.1) is 0 Å². The van der Waals surface area contributed by atoms with E-state index in [0.717, 1.165) is 47.8 Å². The Morgan fingerprint density at radius 2 is 1.86 bits per heavy atom. The molecular weight excluding hydrogens is 366 g/mol. The van der Waals surface area contributed by atoms with Gasteiger partial charge in [0.05, 0.1) is 25.9 Å². The summed E-state index contributed by atoms with van der Waals surface area (Å²) in [5.41, 5.74) is 9.18. The minimum Gasteiger partial charge on any atom is -0.490 e. The number of aryl methyl sites for hydroxylation is 1. The van der Waals surface area contributed by atoms with Crippen LogP contribution >= 0.6 is 0 Å². The number of hydrogen-bond donors (Lipinski definition) is 2. The number of nitrogens with zero attached hydrogens (tertiary/aromatic N) is 1. The second-order valence-corrected chi connectivity index (χ2v) is 7.67. The molecule has 2 aliphatic rings. The van der Waals surface area contributed by atoms with Crippen LogP contribution in [0.1, 0.15) is 43.2 Å². The number of nitrogens with two attached hydrogens (primary N) is 1. The first kappa shape index (κ1) is 19.4. The average molecular weight is 396 g/mol. The predicted octanol–water partition coefficient (Wildman–Crippen LogP) is 4.40. The van der Waals surface area contributed by atoms with Gasteiger partial charge in [0.25, 0.3) is 0 Å². The van der Waals surface area contributed by atoms with Gasteiger partial charge in [0.15, 0.2) is 17.5 Å². The van der Waals surface area contributed by atoms with Gasteiger partial charge in [-0.25, -0.2) is 4.99 Å². The van der Waals surface area contributed by atoms with Crippen molar-refractivity contribution in [2.24, 2.45) is 10.7 Å². The molecule has 2 aromatic carbocycles. The molecule has 6 nitrogen and oxygen atoms in total. The lowest BCUT2D eigenvalue weighted by molar-refractivity contribution is 0.208. The lowest BCUT2D eigenvalue weighted by Gasteiger charge is -2.17. The number of ether oxygens (including phenoxy) is 3. The summed E-state index contributed by atoms with van der Waals surface area (Å²) in [4.78, 5) is 4.52. The highest BCUT2D eigenvalue weighted by Crippen LogP contribution is 2.32. The number of hydrogen-bond acceptors (Lipinski definition) is 4. The molecule has 1 fully saturated rings. The van der Waals surface area contributed by atoms with Crippen LogP contribution in [0.2, 0.25) is 0 Å². The van der Waals surface area contributed by atoms with Crippen LogP contribution < -0.4 is 25.3 Å². The fraction of sp³-hybridized carbons (Fsp3) is 0.435. The lowest BCUT2D eigenvalue weighted by atomic mass is 10.1. The highest BCUT2D eigenvalue weighted by Gasteiger charge is 2.18. The molecule has 154 valence electrons. The molecule has 0 atom stereocenters. The normalized spacial score (nSPS) is 17.1. The maximum Gasteiger partial charge on any atom is 0.193 e. The van der Waals surface area contributed by atoms with Crippen molar-refractivity contribution in [3.05, 3.63) is 47.5 Å². The van der Waals surface area contributed by atoms with Crippen molar-refractivity contribution in [1.82, 2.24) is 0 Å². The Hall–Kier alpha value is -2.89. The van der Waals surface area contributed by atoms with Gasteiger partial charge in [0, 0.05) is 23.7 Å². The smallest absolute Gasteiger partial charge is 0.193 e. The molecule has 2 aromatic rings. The van der Waals surface area contributed by atoms with Gasteiger partial charge < -0.3 is 25.3 Å². The van der Waals surface area contributed by atoms with Crippen molar-refractivity contribution >= 4 is 11.6 Å². The molecular formula is C23H29N3O3. The van der Waals surface area contributed by atoms with Crippen molar-refractivity contribution < 1.29 is 14.2 Å². The van der Waals surface area contributed by atoms with Crippen LogP contribution in [0.15, 0.2) is 41.4 Å². The molecule has 1 aliphatic heterocycles. The summed E-state index contributed by atoms with van der Waals surface area (Å²) in [5, 5.41) is 3.14. The Kier molecular flexibility index (Phi) is 6.08. The van der Waals surface area contributed by atoms with Crippen LogP contribution in [0.3, 0.4) is 0 Å². The Balaban J connectivity index is 1.43. The Bertz CT molecular complexity index is 876. The van der Waals surface area contributed by atoms with E-state index in [1.807, 2.05) is 18.2 Å². The van der Waals surface area contributed by atoms with Crippen LogP contribution in [0.4, 0.5) is 5.69 Å². The van der Waals surface area contributed by atoms with Crippen molar-refractivity contribution in [3.8, 4) is 17.2 Å². The Morgan fingerprint density at radius 3 is 2.69 bits per heavy atom. The van der Waals surface area contributed by atoms with Crippen LogP contribution in [-0.4, -0.2) is 25.3 Å². The minimum absolute atomic E-state index is 0.316. The summed E-state index contributed by atoms with van der Waals surface area (Å²) < 4.78 is 17.6. The molecule has 3 N–H and O–H groups in total. The van der Waals surface area contributed by atoms with E-state index in [-0.39, 0.29) is 0 Å². The predicted molar refractivity (Wildman–Crippen MR) is 115 cm³/mol. The van der Waals surface area contributed by atoms with Crippen LogP contribution in [0, 0.1) is 6.92 Å². The molecule has 1 saturated carbocycles. The van der Waals surface area contributed by atoms with E-state index in [0.29, 0.717) is 31.8 Å². The van der Waals surface area contributed by atoms with Crippen LogP contribution in [0.25, 0.3) is 0 Å². The van der Waals surface area contributed by atoms with Gasteiger partial charge in [-0.1, -0.05) is 12.1 Å². The van der Waals surface area contributed by atoms with Crippen LogP contribution in [0.5, 0.6) is 17.2 Å². The zero-order valence-corrected chi connectivity index (χ0v) is 16.9. The SMILES string of the molecule is Cc1ccc(CN=C(N)Nc2ccc3c(c2)OCCCO3)c(OC2CCCC2)c1. The van der Waals surface area contributed by atoms with E-state index >= 15 is 0 Å². The summed E-state index contributed by atoms with van der Waals surface area (Å²) in [5.74, 6) is 2.76. The van der Waals surface area contributed by atoms with Gasteiger partial charge >= 0.3 is 0 Å². The van der Waals surface area contributed by atoms with Gasteiger partial charge in [-0.05, 0) is 56.4 Å². The van der Waals surface area contributed by atoms with Gasteiger partial charge in [0.1, 0.15) is 5.75 Å². The zero-order chi connectivity index (χ0) is 20.1. The average Bonchev–Trinajstić information content (AvgIpc) is 3.10. The fourth-order valence-corrected chi connectivity index (χ4v) is 3.69. The third kappa shape index (κ3) is 5.13. The van der Waals surface area contributed by atoms with Crippen LogP contribution in [-0.2, 0) is 6.54 Å². The number of benzene rings is 2. The highest BCUT2D eigenvalue weighted by molar-refractivity contribution is 5.92. The van der Waals surface area contributed by atoms with E-state index in [2.05, 4.69) is 35.4 Å². The largest absolute Gasteiger partial charge is 0.490 e. The highest BCUT2D eigenvalue weighted by atomic mass is 16.5. The number of rotatable bonds is 5. The van der Waals surface area contributed by atoms with E-state index < -0.39 is 0 Å².